The normalized spacial score (nSPS) is 17.1. The highest BCUT2D eigenvalue weighted by Gasteiger charge is 2.43. The van der Waals surface area contributed by atoms with Gasteiger partial charge in [0.05, 0.1) is 36.0 Å². The monoisotopic (exact) mass is 666 g/mol. The molecule has 0 spiro atoms. The van der Waals surface area contributed by atoms with Gasteiger partial charge in [0.25, 0.3) is 6.43 Å². The number of anilines is 2. The lowest BCUT2D eigenvalue weighted by Crippen LogP contribution is -2.63. The van der Waals surface area contributed by atoms with Gasteiger partial charge >= 0.3 is 6.16 Å². The van der Waals surface area contributed by atoms with Gasteiger partial charge in [0, 0.05) is 24.7 Å². The molecule has 3 aromatic heterocycles. The van der Waals surface area contributed by atoms with Gasteiger partial charge in [-0.3, -0.25) is 4.98 Å². The molecule has 4 heterocycles. The minimum Gasteiger partial charge on any atom is -0.429 e. The molecule has 0 unspecified atom stereocenters. The summed E-state index contributed by atoms with van der Waals surface area (Å²) in [6.07, 6.45) is -1.63. The Morgan fingerprint density at radius 1 is 1.06 bits per heavy atom. The second-order valence-electron chi connectivity index (χ2n) is 11.4. The summed E-state index contributed by atoms with van der Waals surface area (Å²) in [6, 6.07) is 11.8. The number of pyridine rings is 1. The molecule has 1 saturated heterocycles. The molecule has 48 heavy (non-hydrogen) atoms. The largest absolute Gasteiger partial charge is 0.514 e. The van der Waals surface area contributed by atoms with Gasteiger partial charge in [0.1, 0.15) is 30.4 Å². The van der Waals surface area contributed by atoms with Crippen LogP contribution in [0.5, 0.6) is 5.75 Å². The first kappa shape index (κ1) is 32.6. The minimum absolute atomic E-state index is 0.0190. The second-order valence-corrected chi connectivity index (χ2v) is 11.4. The molecule has 250 valence electrons. The molecule has 6 rings (SSSR count). The van der Waals surface area contributed by atoms with E-state index < -0.39 is 41.6 Å². The van der Waals surface area contributed by atoms with Crippen molar-refractivity contribution in [3.05, 3.63) is 90.1 Å². The second kappa shape index (κ2) is 13.4. The Morgan fingerprint density at radius 2 is 1.85 bits per heavy atom. The number of halogens is 4. The van der Waals surface area contributed by atoms with Gasteiger partial charge in [0.15, 0.2) is 23.0 Å². The summed E-state index contributed by atoms with van der Waals surface area (Å²) in [5.74, 6) is -2.52. The number of hydrogen-bond donors (Lipinski definition) is 3. The van der Waals surface area contributed by atoms with Gasteiger partial charge in [-0.2, -0.15) is 0 Å². The van der Waals surface area contributed by atoms with Crippen molar-refractivity contribution in [2.45, 2.75) is 44.1 Å². The first-order valence-corrected chi connectivity index (χ1v) is 14.8. The van der Waals surface area contributed by atoms with Crippen LogP contribution in [0.2, 0.25) is 0 Å². The highest BCUT2D eigenvalue weighted by molar-refractivity contribution is 5.81. The average Bonchev–Trinajstić information content (AvgIpc) is 3.49. The van der Waals surface area contributed by atoms with E-state index in [-0.39, 0.29) is 43.2 Å². The van der Waals surface area contributed by atoms with E-state index in [1.165, 1.54) is 24.9 Å². The molecule has 1 aliphatic heterocycles. The van der Waals surface area contributed by atoms with E-state index in [0.29, 0.717) is 47.0 Å². The first-order valence-electron chi connectivity index (χ1n) is 14.8. The molecule has 0 amide bonds. The van der Waals surface area contributed by atoms with E-state index >= 15 is 8.78 Å². The van der Waals surface area contributed by atoms with Crippen molar-refractivity contribution in [1.82, 2.24) is 24.5 Å². The molecule has 2 aromatic carbocycles. The van der Waals surface area contributed by atoms with E-state index in [1.54, 1.807) is 39.8 Å². The fraction of sp³-hybridized carbons (Fsp3) is 0.281. The molecule has 0 radical (unpaired) electrons. The number of ether oxygens (including phenoxy) is 2. The van der Waals surface area contributed by atoms with Gasteiger partial charge < -0.3 is 35.5 Å². The number of aliphatic hydroxyl groups is 1. The van der Waals surface area contributed by atoms with Gasteiger partial charge in [-0.1, -0.05) is 30.3 Å². The Balaban J connectivity index is 1.32. The Morgan fingerprint density at radius 3 is 2.62 bits per heavy atom. The van der Waals surface area contributed by atoms with Crippen LogP contribution in [-0.4, -0.2) is 66.9 Å². The summed E-state index contributed by atoms with van der Waals surface area (Å²) >= 11 is 0. The van der Waals surface area contributed by atoms with Crippen LogP contribution in [0.4, 0.5) is 33.9 Å². The number of nitrogen functional groups attached to an aromatic ring is 1. The maximum absolute atomic E-state index is 15.5. The number of aromatic nitrogens is 5. The number of benzene rings is 2. The smallest absolute Gasteiger partial charge is 0.429 e. The summed E-state index contributed by atoms with van der Waals surface area (Å²) in [6.45, 7) is 0.219. The van der Waals surface area contributed by atoms with Gasteiger partial charge in [-0.15, -0.1) is 0 Å². The van der Waals surface area contributed by atoms with Crippen LogP contribution in [0.3, 0.4) is 0 Å². The third-order valence-electron chi connectivity index (χ3n) is 8.15. The zero-order chi connectivity index (χ0) is 34.0. The van der Waals surface area contributed by atoms with Crippen molar-refractivity contribution >= 4 is 28.8 Å². The van der Waals surface area contributed by atoms with E-state index in [1.807, 2.05) is 0 Å². The summed E-state index contributed by atoms with van der Waals surface area (Å²) in [7, 11) is 0. The molecule has 5 N–H and O–H groups in total. The standard InChI is InChI=1S/C32H30F4N8O4/c33-21-11-25(48-31(46)47-14-18-5-2-1-3-6-18)22(34)10-20(21)23-9-19(13-44-17-42-26-29(37)40-16-41-30(26)44)24(12-39-23)43-8-4-7-32(38,15-43)27(45)28(35)36/h1-3,5-6,9-12,16-17,27-28,45H,4,7-8,13-15,38H2,(H2,37,40,41)/t27-,32-/m1/s1. The molecule has 2 atom stereocenters. The van der Waals surface area contributed by atoms with Crippen molar-refractivity contribution in [3.63, 3.8) is 0 Å². The van der Waals surface area contributed by atoms with Crippen LogP contribution >= 0.6 is 0 Å². The van der Waals surface area contributed by atoms with Crippen LogP contribution in [0, 0.1) is 11.6 Å². The molecule has 0 bridgehead atoms. The molecule has 0 saturated carbocycles. The number of carbonyl (C=O) groups is 1. The third-order valence-corrected chi connectivity index (χ3v) is 8.15. The number of piperidine rings is 1. The third kappa shape index (κ3) is 6.70. The van der Waals surface area contributed by atoms with Crippen LogP contribution < -0.4 is 21.1 Å². The molecule has 0 aliphatic carbocycles. The summed E-state index contributed by atoms with van der Waals surface area (Å²) < 4.78 is 69.3. The number of imidazole rings is 1. The maximum Gasteiger partial charge on any atom is 0.514 e. The number of carbonyl (C=O) groups excluding carboxylic acids is 1. The number of nitrogens with zero attached hydrogens (tertiary/aromatic N) is 6. The maximum atomic E-state index is 15.5. The van der Waals surface area contributed by atoms with Crippen LogP contribution in [-0.2, 0) is 17.9 Å². The van der Waals surface area contributed by atoms with Gasteiger partial charge in [0.2, 0.25) is 0 Å². The predicted octanol–water partition coefficient (Wildman–Crippen LogP) is 4.44. The van der Waals surface area contributed by atoms with Crippen molar-refractivity contribution in [3.8, 4) is 17.0 Å². The lowest BCUT2D eigenvalue weighted by molar-refractivity contribution is -0.0529. The Labute approximate surface area is 271 Å². The molecule has 16 heteroatoms. The topological polar surface area (TPSA) is 168 Å². The Kier molecular flexibility index (Phi) is 9.10. The average molecular weight is 667 g/mol. The van der Waals surface area contributed by atoms with Gasteiger partial charge in [-0.05, 0) is 36.1 Å². The lowest BCUT2D eigenvalue weighted by atomic mass is 9.84. The van der Waals surface area contributed by atoms with Gasteiger partial charge in [-0.25, -0.2) is 37.3 Å². The number of alkyl halides is 2. The molecule has 5 aromatic rings. The predicted molar refractivity (Wildman–Crippen MR) is 166 cm³/mol. The fourth-order valence-corrected chi connectivity index (χ4v) is 5.70. The van der Waals surface area contributed by atoms with Crippen molar-refractivity contribution in [1.29, 1.82) is 0 Å². The Hall–Kier alpha value is -5.35. The minimum atomic E-state index is -3.05. The molecular formula is C32H30F4N8O4. The van der Waals surface area contributed by atoms with Crippen molar-refractivity contribution in [2.24, 2.45) is 5.73 Å². The molecular weight excluding hydrogens is 636 g/mol. The van der Waals surface area contributed by atoms with E-state index in [4.69, 9.17) is 20.9 Å². The summed E-state index contributed by atoms with van der Waals surface area (Å²) in [5.41, 5.74) is 12.8. The van der Waals surface area contributed by atoms with Crippen LogP contribution in [0.1, 0.15) is 24.0 Å². The number of rotatable bonds is 9. The summed E-state index contributed by atoms with van der Waals surface area (Å²) in [5, 5.41) is 10.2. The number of aliphatic hydroxyl groups excluding tert-OH is 1. The fourth-order valence-electron chi connectivity index (χ4n) is 5.70. The van der Waals surface area contributed by atoms with Crippen LogP contribution in [0.25, 0.3) is 22.4 Å². The number of nitrogens with two attached hydrogens (primary N) is 2. The zero-order valence-electron chi connectivity index (χ0n) is 25.3. The highest BCUT2D eigenvalue weighted by Crippen LogP contribution is 2.35. The molecule has 1 aliphatic rings. The van der Waals surface area contributed by atoms with Crippen molar-refractivity contribution < 1.29 is 36.9 Å². The number of fused-ring (bicyclic) bond motifs is 1. The lowest BCUT2D eigenvalue weighted by Gasteiger charge is -2.44. The summed E-state index contributed by atoms with van der Waals surface area (Å²) in [4.78, 5) is 30.8. The highest BCUT2D eigenvalue weighted by atomic mass is 19.3. The van der Waals surface area contributed by atoms with E-state index in [0.717, 1.165) is 6.07 Å². The van der Waals surface area contributed by atoms with E-state index in [9.17, 15) is 18.7 Å². The van der Waals surface area contributed by atoms with E-state index in [2.05, 4.69) is 19.9 Å². The van der Waals surface area contributed by atoms with Crippen LogP contribution in [0.15, 0.2) is 67.4 Å². The zero-order valence-corrected chi connectivity index (χ0v) is 25.3. The molecule has 1 fully saturated rings. The van der Waals surface area contributed by atoms with Crippen molar-refractivity contribution in [2.75, 3.05) is 23.7 Å². The number of hydrogen-bond acceptors (Lipinski definition) is 11. The quantitative estimate of drug-likeness (QED) is 0.116. The first-order chi connectivity index (χ1) is 23.0. The SMILES string of the molecule is Nc1ncnc2c1ncn2Cc1cc(-c2cc(F)c(OC(=O)OCc3ccccc3)cc2F)ncc1N1CCC[C@](N)([C@H](O)C(F)F)C1. The Bertz CT molecular complexity index is 1950. The molecule has 12 nitrogen and oxygen atoms in total.